The topological polar surface area (TPSA) is 42.2 Å². The lowest BCUT2D eigenvalue weighted by molar-refractivity contribution is 0.982. The van der Waals surface area contributed by atoms with Crippen molar-refractivity contribution in [1.29, 1.82) is 0 Å². The highest BCUT2D eigenvalue weighted by molar-refractivity contribution is 7.20. The van der Waals surface area contributed by atoms with E-state index >= 15 is 0 Å². The molecule has 3 rings (SSSR count). The maximum Gasteiger partial charge on any atom is 0.214 e. The Morgan fingerprint density at radius 3 is 2.81 bits per heavy atom. The first-order valence-electron chi connectivity index (χ1n) is 4.96. The standard InChI is InChI=1S/C11H10N4S/c1-12-10-14-15-9(7-13-11(15)16-10)8-5-3-2-4-6-8/h2-7H,1H3,(H,12,14). The molecule has 2 heterocycles. The highest BCUT2D eigenvalue weighted by Crippen LogP contribution is 2.25. The lowest BCUT2D eigenvalue weighted by Gasteiger charge is -1.96. The molecule has 5 heteroatoms. The van der Waals surface area contributed by atoms with Gasteiger partial charge < -0.3 is 5.32 Å². The van der Waals surface area contributed by atoms with Crippen molar-refractivity contribution in [2.75, 3.05) is 12.4 Å². The Kier molecular flexibility index (Phi) is 2.11. The van der Waals surface area contributed by atoms with Gasteiger partial charge in [0.2, 0.25) is 10.1 Å². The summed E-state index contributed by atoms with van der Waals surface area (Å²) in [5.41, 5.74) is 2.15. The molecule has 0 fully saturated rings. The number of anilines is 1. The zero-order chi connectivity index (χ0) is 11.0. The van der Waals surface area contributed by atoms with Gasteiger partial charge in [0, 0.05) is 12.6 Å². The van der Waals surface area contributed by atoms with Crippen LogP contribution in [0.3, 0.4) is 0 Å². The van der Waals surface area contributed by atoms with Crippen LogP contribution < -0.4 is 5.32 Å². The third-order valence-corrected chi connectivity index (χ3v) is 3.31. The van der Waals surface area contributed by atoms with Crippen molar-refractivity contribution < 1.29 is 0 Å². The van der Waals surface area contributed by atoms with Gasteiger partial charge in [-0.05, 0) is 0 Å². The fourth-order valence-corrected chi connectivity index (χ4v) is 2.33. The van der Waals surface area contributed by atoms with Crippen molar-refractivity contribution in [1.82, 2.24) is 14.6 Å². The Morgan fingerprint density at radius 1 is 1.25 bits per heavy atom. The quantitative estimate of drug-likeness (QED) is 0.735. The normalized spacial score (nSPS) is 10.8. The van der Waals surface area contributed by atoms with Crippen LogP contribution >= 0.6 is 11.3 Å². The average molecular weight is 230 g/mol. The molecule has 0 saturated heterocycles. The lowest BCUT2D eigenvalue weighted by Crippen LogP contribution is -1.91. The summed E-state index contributed by atoms with van der Waals surface area (Å²) in [6.45, 7) is 0. The minimum absolute atomic E-state index is 0.875. The molecule has 0 unspecified atom stereocenters. The second-order valence-electron chi connectivity index (χ2n) is 3.36. The Bertz CT molecular complexity index is 611. The first-order valence-corrected chi connectivity index (χ1v) is 5.78. The van der Waals surface area contributed by atoms with Crippen LogP contribution in [-0.4, -0.2) is 21.6 Å². The van der Waals surface area contributed by atoms with Gasteiger partial charge >= 0.3 is 0 Å². The molecular weight excluding hydrogens is 220 g/mol. The van der Waals surface area contributed by atoms with Crippen molar-refractivity contribution >= 4 is 21.4 Å². The summed E-state index contributed by atoms with van der Waals surface area (Å²) in [5.74, 6) is 0. The SMILES string of the molecule is CNc1nn2c(-c3ccccc3)cnc2s1. The van der Waals surface area contributed by atoms with Crippen LogP contribution in [0.4, 0.5) is 5.13 Å². The van der Waals surface area contributed by atoms with E-state index in [0.29, 0.717) is 0 Å². The summed E-state index contributed by atoms with van der Waals surface area (Å²) >= 11 is 1.54. The van der Waals surface area contributed by atoms with Crippen molar-refractivity contribution in [2.45, 2.75) is 0 Å². The van der Waals surface area contributed by atoms with Crippen LogP contribution in [0.15, 0.2) is 36.5 Å². The average Bonchev–Trinajstić information content (AvgIpc) is 2.88. The zero-order valence-corrected chi connectivity index (χ0v) is 9.53. The third kappa shape index (κ3) is 1.37. The monoisotopic (exact) mass is 230 g/mol. The van der Waals surface area contributed by atoms with E-state index in [1.807, 2.05) is 36.0 Å². The Morgan fingerprint density at radius 2 is 2.06 bits per heavy atom. The van der Waals surface area contributed by atoms with Crippen LogP contribution in [-0.2, 0) is 0 Å². The largest absolute Gasteiger partial charge is 0.363 e. The maximum atomic E-state index is 4.43. The molecule has 0 amide bonds. The molecule has 80 valence electrons. The summed E-state index contributed by atoms with van der Waals surface area (Å²) < 4.78 is 1.87. The van der Waals surface area contributed by atoms with Gasteiger partial charge in [-0.3, -0.25) is 0 Å². The van der Waals surface area contributed by atoms with E-state index in [9.17, 15) is 0 Å². The summed E-state index contributed by atoms with van der Waals surface area (Å²) in [6.07, 6.45) is 1.85. The second-order valence-corrected chi connectivity index (χ2v) is 4.32. The Balaban J connectivity index is 2.20. The number of benzene rings is 1. The minimum atomic E-state index is 0.875. The highest BCUT2D eigenvalue weighted by Gasteiger charge is 2.09. The van der Waals surface area contributed by atoms with Crippen molar-refractivity contribution in [3.8, 4) is 11.3 Å². The molecule has 0 bridgehead atoms. The molecular formula is C11H10N4S. The molecule has 0 aliphatic rings. The smallest absolute Gasteiger partial charge is 0.214 e. The lowest BCUT2D eigenvalue weighted by atomic mass is 10.2. The van der Waals surface area contributed by atoms with Crippen LogP contribution in [0.25, 0.3) is 16.2 Å². The molecule has 0 radical (unpaired) electrons. The maximum absolute atomic E-state index is 4.43. The second kappa shape index (κ2) is 3.61. The van der Waals surface area contributed by atoms with Crippen LogP contribution in [0, 0.1) is 0 Å². The summed E-state index contributed by atoms with van der Waals surface area (Å²) in [5, 5.41) is 8.33. The molecule has 3 aromatic rings. The number of nitrogens with zero attached hydrogens (tertiary/aromatic N) is 3. The molecule has 2 aromatic heterocycles. The molecule has 16 heavy (non-hydrogen) atoms. The molecule has 0 aliphatic carbocycles. The fraction of sp³-hybridized carbons (Fsp3) is 0.0909. The predicted octanol–water partition coefficient (Wildman–Crippen LogP) is 2.50. The predicted molar refractivity (Wildman–Crippen MR) is 65.8 cm³/mol. The van der Waals surface area contributed by atoms with Crippen LogP contribution in [0.2, 0.25) is 0 Å². The van der Waals surface area contributed by atoms with Crippen LogP contribution in [0.5, 0.6) is 0 Å². The number of nitrogens with one attached hydrogen (secondary N) is 1. The molecule has 0 spiro atoms. The van der Waals surface area contributed by atoms with Crippen molar-refractivity contribution in [2.24, 2.45) is 0 Å². The van der Waals surface area contributed by atoms with Crippen LogP contribution in [0.1, 0.15) is 0 Å². The number of hydrogen-bond acceptors (Lipinski definition) is 4. The first kappa shape index (κ1) is 9.35. The van der Waals surface area contributed by atoms with Gasteiger partial charge in [0.05, 0.1) is 11.9 Å². The number of rotatable bonds is 2. The van der Waals surface area contributed by atoms with E-state index in [1.54, 1.807) is 11.3 Å². The zero-order valence-electron chi connectivity index (χ0n) is 8.71. The number of fused-ring (bicyclic) bond motifs is 1. The Hall–Kier alpha value is -1.88. The summed E-state index contributed by atoms with van der Waals surface area (Å²) in [4.78, 5) is 5.25. The van der Waals surface area contributed by atoms with Gasteiger partial charge in [0.15, 0.2) is 0 Å². The van der Waals surface area contributed by atoms with E-state index < -0.39 is 0 Å². The van der Waals surface area contributed by atoms with Crippen molar-refractivity contribution in [3.05, 3.63) is 36.5 Å². The van der Waals surface area contributed by atoms with E-state index in [2.05, 4.69) is 27.5 Å². The van der Waals surface area contributed by atoms with E-state index in [4.69, 9.17) is 0 Å². The molecule has 1 N–H and O–H groups in total. The summed E-state index contributed by atoms with van der Waals surface area (Å²) in [6, 6.07) is 10.1. The molecule has 0 atom stereocenters. The number of aromatic nitrogens is 3. The molecule has 0 saturated carbocycles. The molecule has 4 nitrogen and oxygen atoms in total. The van der Waals surface area contributed by atoms with Gasteiger partial charge in [-0.1, -0.05) is 41.7 Å². The van der Waals surface area contributed by atoms with Gasteiger partial charge in [-0.15, -0.1) is 5.10 Å². The van der Waals surface area contributed by atoms with E-state index in [1.165, 1.54) is 0 Å². The van der Waals surface area contributed by atoms with Gasteiger partial charge in [-0.2, -0.15) is 0 Å². The van der Waals surface area contributed by atoms with Gasteiger partial charge in [0.25, 0.3) is 0 Å². The number of imidazole rings is 1. The molecule has 0 aliphatic heterocycles. The fourth-order valence-electron chi connectivity index (χ4n) is 1.60. The first-order chi connectivity index (χ1) is 7.88. The van der Waals surface area contributed by atoms with Gasteiger partial charge in [-0.25, -0.2) is 9.50 Å². The van der Waals surface area contributed by atoms with Crippen molar-refractivity contribution in [3.63, 3.8) is 0 Å². The highest BCUT2D eigenvalue weighted by atomic mass is 32.1. The van der Waals surface area contributed by atoms with Gasteiger partial charge in [0.1, 0.15) is 0 Å². The molecule has 1 aromatic carbocycles. The minimum Gasteiger partial charge on any atom is -0.363 e. The number of hydrogen-bond donors (Lipinski definition) is 1. The summed E-state index contributed by atoms with van der Waals surface area (Å²) in [7, 11) is 1.86. The Labute approximate surface area is 96.6 Å². The van der Waals surface area contributed by atoms with E-state index in [-0.39, 0.29) is 0 Å². The third-order valence-electron chi connectivity index (χ3n) is 2.37. The van der Waals surface area contributed by atoms with E-state index in [0.717, 1.165) is 21.3 Å².